The molecule has 1 aliphatic rings. The molecule has 0 radical (unpaired) electrons. The van der Waals surface area contributed by atoms with E-state index in [0.29, 0.717) is 28.4 Å². The van der Waals surface area contributed by atoms with E-state index >= 15 is 0 Å². The summed E-state index contributed by atoms with van der Waals surface area (Å²) in [5, 5.41) is 2.82. The summed E-state index contributed by atoms with van der Waals surface area (Å²) in [6, 6.07) is 11.6. The first kappa shape index (κ1) is 21.2. The van der Waals surface area contributed by atoms with Gasteiger partial charge in [0.05, 0.1) is 25.6 Å². The molecule has 1 heterocycles. The zero-order valence-corrected chi connectivity index (χ0v) is 17.5. The predicted molar refractivity (Wildman–Crippen MR) is 113 cm³/mol. The van der Waals surface area contributed by atoms with Gasteiger partial charge in [0.1, 0.15) is 18.0 Å². The van der Waals surface area contributed by atoms with E-state index < -0.39 is 0 Å². The van der Waals surface area contributed by atoms with Crippen LogP contribution in [-0.4, -0.2) is 56.5 Å². The lowest BCUT2D eigenvalue weighted by molar-refractivity contribution is -0.119. The quantitative estimate of drug-likeness (QED) is 0.817. The Morgan fingerprint density at radius 3 is 2.40 bits per heavy atom. The van der Waals surface area contributed by atoms with Crippen molar-refractivity contribution in [2.24, 2.45) is 0 Å². The average Bonchev–Trinajstić information content (AvgIpc) is 2.86. The van der Waals surface area contributed by atoms with Crippen molar-refractivity contribution in [3.8, 4) is 11.5 Å². The van der Waals surface area contributed by atoms with E-state index in [1.807, 2.05) is 6.92 Å². The van der Waals surface area contributed by atoms with Gasteiger partial charge in [-0.2, -0.15) is 0 Å². The van der Waals surface area contributed by atoms with Gasteiger partial charge in [-0.1, -0.05) is 12.1 Å². The maximum atomic E-state index is 13.2. The lowest BCUT2D eigenvalue weighted by Crippen LogP contribution is -2.45. The molecule has 2 aromatic carbocycles. The molecule has 0 bridgehead atoms. The van der Waals surface area contributed by atoms with Gasteiger partial charge in [0.15, 0.2) is 0 Å². The van der Waals surface area contributed by atoms with E-state index in [-0.39, 0.29) is 36.7 Å². The van der Waals surface area contributed by atoms with Crippen molar-refractivity contribution < 1.29 is 23.9 Å². The van der Waals surface area contributed by atoms with Gasteiger partial charge in [-0.25, -0.2) is 0 Å². The summed E-state index contributed by atoms with van der Waals surface area (Å²) in [6.07, 6.45) is 0.172. The van der Waals surface area contributed by atoms with Gasteiger partial charge >= 0.3 is 0 Å². The van der Waals surface area contributed by atoms with Crippen molar-refractivity contribution in [2.75, 3.05) is 38.0 Å². The van der Waals surface area contributed by atoms with Crippen molar-refractivity contribution in [1.82, 2.24) is 4.90 Å². The summed E-state index contributed by atoms with van der Waals surface area (Å²) in [5.41, 5.74) is 1.54. The van der Waals surface area contributed by atoms with Crippen LogP contribution in [0.5, 0.6) is 11.5 Å². The molecule has 3 rings (SSSR count). The molecule has 0 fully saturated rings. The highest BCUT2D eigenvalue weighted by Gasteiger charge is 2.30. The highest BCUT2D eigenvalue weighted by molar-refractivity contribution is 6.06. The van der Waals surface area contributed by atoms with E-state index in [1.165, 1.54) is 19.1 Å². The minimum Gasteiger partial charge on any atom is -0.497 e. The maximum absolute atomic E-state index is 13.2. The van der Waals surface area contributed by atoms with Gasteiger partial charge in [-0.15, -0.1) is 0 Å². The van der Waals surface area contributed by atoms with Crippen LogP contribution >= 0.6 is 0 Å². The minimum absolute atomic E-state index is 0.148. The number of fused-ring (bicyclic) bond motifs is 1. The van der Waals surface area contributed by atoms with Crippen molar-refractivity contribution in [2.45, 2.75) is 19.4 Å². The summed E-state index contributed by atoms with van der Waals surface area (Å²) in [4.78, 5) is 41.1. The highest BCUT2D eigenvalue weighted by atomic mass is 16.5. The smallest absolute Gasteiger partial charge is 0.254 e. The molecule has 0 saturated carbocycles. The Hall–Kier alpha value is -3.55. The van der Waals surface area contributed by atoms with E-state index in [1.54, 1.807) is 54.4 Å². The molecule has 8 heteroatoms. The standard InChI is InChI=1S/C22H25N3O5/c1-14-9-20(26)23-18-7-5-6-8-19(18)25(14)21(27)13-24(2)22(28)15-10-16(29-3)12-17(11-15)30-4/h5-8,10-12,14H,9,13H2,1-4H3,(H,23,26)/t14-/m1/s1. The van der Waals surface area contributed by atoms with Gasteiger partial charge in [-0.3, -0.25) is 14.4 Å². The number of methoxy groups -OCH3 is 2. The number of ether oxygens (including phenoxy) is 2. The monoisotopic (exact) mass is 411 g/mol. The number of amides is 3. The van der Waals surface area contributed by atoms with Crippen molar-refractivity contribution in [3.05, 3.63) is 48.0 Å². The number of hydrogen-bond acceptors (Lipinski definition) is 5. The SMILES string of the molecule is COc1cc(OC)cc(C(=O)N(C)CC(=O)N2c3ccccc3NC(=O)C[C@H]2C)c1. The summed E-state index contributed by atoms with van der Waals surface area (Å²) >= 11 is 0. The van der Waals surface area contributed by atoms with Gasteiger partial charge in [-0.05, 0) is 31.2 Å². The summed E-state index contributed by atoms with van der Waals surface area (Å²) in [6.45, 7) is 1.67. The van der Waals surface area contributed by atoms with Crippen molar-refractivity contribution in [1.29, 1.82) is 0 Å². The molecular weight excluding hydrogens is 386 g/mol. The second-order valence-electron chi connectivity index (χ2n) is 7.14. The molecule has 0 saturated heterocycles. The molecule has 1 atom stereocenters. The third-order valence-corrected chi connectivity index (χ3v) is 4.95. The van der Waals surface area contributed by atoms with Crippen molar-refractivity contribution in [3.63, 3.8) is 0 Å². The number of nitrogens with one attached hydrogen (secondary N) is 1. The minimum atomic E-state index is -0.346. The molecular formula is C22H25N3O5. The number of nitrogens with zero attached hydrogens (tertiary/aromatic N) is 2. The Morgan fingerprint density at radius 1 is 1.13 bits per heavy atom. The van der Waals surface area contributed by atoms with Crippen LogP contribution in [0, 0.1) is 0 Å². The summed E-state index contributed by atoms with van der Waals surface area (Å²) in [7, 11) is 4.57. The number of carbonyl (C=O) groups is 3. The number of para-hydroxylation sites is 2. The van der Waals surface area contributed by atoms with Crippen LogP contribution in [0.4, 0.5) is 11.4 Å². The lowest BCUT2D eigenvalue weighted by Gasteiger charge is -2.29. The molecule has 0 aliphatic carbocycles. The van der Waals surface area contributed by atoms with Crippen LogP contribution in [0.25, 0.3) is 0 Å². The molecule has 0 spiro atoms. The van der Waals surface area contributed by atoms with Gasteiger partial charge < -0.3 is 24.6 Å². The Kier molecular flexibility index (Phi) is 6.25. The van der Waals surface area contributed by atoms with E-state index in [2.05, 4.69) is 5.32 Å². The Labute approximate surface area is 175 Å². The normalized spacial score (nSPS) is 15.5. The fraction of sp³-hybridized carbons (Fsp3) is 0.318. The van der Waals surface area contributed by atoms with Crippen LogP contribution in [0.2, 0.25) is 0 Å². The second kappa shape index (κ2) is 8.86. The number of benzene rings is 2. The average molecular weight is 411 g/mol. The number of hydrogen-bond donors (Lipinski definition) is 1. The molecule has 3 amide bonds. The number of rotatable bonds is 5. The number of anilines is 2. The van der Waals surface area contributed by atoms with E-state index in [0.717, 1.165) is 0 Å². The van der Waals surface area contributed by atoms with Gasteiger partial charge in [0.2, 0.25) is 11.8 Å². The van der Waals surface area contributed by atoms with E-state index in [9.17, 15) is 14.4 Å². The fourth-order valence-electron chi connectivity index (χ4n) is 3.47. The largest absolute Gasteiger partial charge is 0.497 e. The molecule has 1 N–H and O–H groups in total. The number of carbonyl (C=O) groups excluding carboxylic acids is 3. The summed E-state index contributed by atoms with van der Waals surface area (Å²) < 4.78 is 10.4. The molecule has 8 nitrogen and oxygen atoms in total. The van der Waals surface area contributed by atoms with Crippen LogP contribution in [0.15, 0.2) is 42.5 Å². The first-order chi connectivity index (χ1) is 14.3. The topological polar surface area (TPSA) is 88.2 Å². The summed E-state index contributed by atoms with van der Waals surface area (Å²) in [5.74, 6) is 0.190. The van der Waals surface area contributed by atoms with Gasteiger partial charge in [0.25, 0.3) is 5.91 Å². The zero-order valence-electron chi connectivity index (χ0n) is 17.5. The third-order valence-electron chi connectivity index (χ3n) is 4.95. The van der Waals surface area contributed by atoms with Crippen LogP contribution in [0.3, 0.4) is 0 Å². The predicted octanol–water partition coefficient (Wildman–Crippen LogP) is 2.54. The Balaban J connectivity index is 1.83. The fourth-order valence-corrected chi connectivity index (χ4v) is 3.47. The van der Waals surface area contributed by atoms with E-state index in [4.69, 9.17) is 9.47 Å². The molecule has 30 heavy (non-hydrogen) atoms. The molecule has 158 valence electrons. The molecule has 2 aromatic rings. The Bertz CT molecular complexity index is 953. The van der Waals surface area contributed by atoms with Crippen LogP contribution in [0.1, 0.15) is 23.7 Å². The Morgan fingerprint density at radius 2 is 1.77 bits per heavy atom. The van der Waals surface area contributed by atoms with Crippen LogP contribution in [-0.2, 0) is 9.59 Å². The molecule has 1 aliphatic heterocycles. The third kappa shape index (κ3) is 4.37. The van der Waals surface area contributed by atoms with Crippen LogP contribution < -0.4 is 19.7 Å². The van der Waals surface area contributed by atoms with Gasteiger partial charge in [0, 0.05) is 31.1 Å². The lowest BCUT2D eigenvalue weighted by atomic mass is 10.1. The maximum Gasteiger partial charge on any atom is 0.254 e. The second-order valence-corrected chi connectivity index (χ2v) is 7.14. The highest BCUT2D eigenvalue weighted by Crippen LogP contribution is 2.31. The number of likely N-dealkylation sites (N-methyl/N-ethyl adjacent to an activating group) is 1. The zero-order chi connectivity index (χ0) is 21.8. The first-order valence-corrected chi connectivity index (χ1v) is 9.53. The molecule has 0 aromatic heterocycles. The van der Waals surface area contributed by atoms with Crippen molar-refractivity contribution >= 4 is 29.1 Å². The first-order valence-electron chi connectivity index (χ1n) is 9.53. The molecule has 0 unspecified atom stereocenters.